The molecule has 3 N–H and O–H groups in total. The first-order chi connectivity index (χ1) is 6.31. The Morgan fingerprint density at radius 1 is 1.23 bits per heavy atom. The molecule has 2 rings (SSSR count). The molecule has 0 saturated carbocycles. The van der Waals surface area contributed by atoms with E-state index in [4.69, 9.17) is 5.73 Å². The van der Waals surface area contributed by atoms with Gasteiger partial charge in [0.05, 0.1) is 5.54 Å². The highest BCUT2D eigenvalue weighted by Crippen LogP contribution is 2.24. The lowest BCUT2D eigenvalue weighted by molar-refractivity contribution is 0.322. The van der Waals surface area contributed by atoms with Gasteiger partial charge in [-0.15, -0.1) is 0 Å². The molecule has 2 heteroatoms. The van der Waals surface area contributed by atoms with Crippen LogP contribution in [-0.2, 0) is 5.54 Å². The molecule has 0 aliphatic carbocycles. The van der Waals surface area contributed by atoms with Crippen molar-refractivity contribution in [1.29, 1.82) is 0 Å². The van der Waals surface area contributed by atoms with E-state index in [1.165, 1.54) is 12.0 Å². The summed E-state index contributed by atoms with van der Waals surface area (Å²) in [5, 5.41) is 3.35. The maximum absolute atomic E-state index is 6.32. The van der Waals surface area contributed by atoms with Crippen molar-refractivity contribution in [3.63, 3.8) is 0 Å². The Balaban J connectivity index is 2.23. The summed E-state index contributed by atoms with van der Waals surface area (Å²) in [6.45, 7) is 2.00. The fourth-order valence-corrected chi connectivity index (χ4v) is 1.95. The zero-order valence-electron chi connectivity index (χ0n) is 7.79. The molecule has 0 radical (unpaired) electrons. The van der Waals surface area contributed by atoms with Gasteiger partial charge in [0.25, 0.3) is 0 Å². The van der Waals surface area contributed by atoms with Crippen molar-refractivity contribution in [1.82, 2.24) is 5.32 Å². The van der Waals surface area contributed by atoms with Crippen molar-refractivity contribution in [3.8, 4) is 0 Å². The Morgan fingerprint density at radius 3 is 2.62 bits per heavy atom. The molecule has 1 unspecified atom stereocenters. The molecule has 0 amide bonds. The lowest BCUT2D eigenvalue weighted by Gasteiger charge is -2.34. The molecule has 0 bridgehead atoms. The van der Waals surface area contributed by atoms with Crippen LogP contribution in [0.25, 0.3) is 0 Å². The van der Waals surface area contributed by atoms with Gasteiger partial charge in [0.2, 0.25) is 0 Å². The van der Waals surface area contributed by atoms with E-state index in [0.29, 0.717) is 0 Å². The minimum atomic E-state index is -0.139. The largest absolute Gasteiger partial charge is 0.320 e. The van der Waals surface area contributed by atoms with Crippen LogP contribution in [-0.4, -0.2) is 13.1 Å². The Hall–Kier alpha value is -0.860. The quantitative estimate of drug-likeness (QED) is 0.675. The number of piperidine rings is 1. The van der Waals surface area contributed by atoms with Crippen molar-refractivity contribution in [2.45, 2.75) is 18.4 Å². The van der Waals surface area contributed by atoms with Gasteiger partial charge in [-0.25, -0.2) is 0 Å². The summed E-state index contributed by atoms with van der Waals surface area (Å²) in [5.41, 5.74) is 7.43. The van der Waals surface area contributed by atoms with Crippen LogP contribution in [0.3, 0.4) is 0 Å². The maximum Gasteiger partial charge on any atom is 0.0536 e. The maximum atomic E-state index is 6.32. The van der Waals surface area contributed by atoms with E-state index >= 15 is 0 Å². The number of rotatable bonds is 1. The van der Waals surface area contributed by atoms with Crippen LogP contribution in [0.1, 0.15) is 18.4 Å². The molecule has 1 aromatic rings. The van der Waals surface area contributed by atoms with Gasteiger partial charge in [-0.05, 0) is 24.9 Å². The molecule has 0 aromatic heterocycles. The van der Waals surface area contributed by atoms with Crippen LogP contribution in [0.15, 0.2) is 30.3 Å². The summed E-state index contributed by atoms with van der Waals surface area (Å²) in [4.78, 5) is 0. The van der Waals surface area contributed by atoms with Gasteiger partial charge >= 0.3 is 0 Å². The first kappa shape index (κ1) is 8.73. The molecule has 1 atom stereocenters. The number of hydrogen-bond donors (Lipinski definition) is 2. The summed E-state index contributed by atoms with van der Waals surface area (Å²) in [7, 11) is 0. The molecule has 1 aliphatic heterocycles. The van der Waals surface area contributed by atoms with Gasteiger partial charge in [-0.1, -0.05) is 30.3 Å². The normalized spacial score (nSPS) is 28.7. The van der Waals surface area contributed by atoms with E-state index in [-0.39, 0.29) is 5.54 Å². The molecular weight excluding hydrogens is 160 g/mol. The third kappa shape index (κ3) is 1.74. The van der Waals surface area contributed by atoms with Crippen molar-refractivity contribution < 1.29 is 0 Å². The van der Waals surface area contributed by atoms with Crippen molar-refractivity contribution in [3.05, 3.63) is 35.9 Å². The van der Waals surface area contributed by atoms with E-state index < -0.39 is 0 Å². The van der Waals surface area contributed by atoms with Crippen LogP contribution in [0.4, 0.5) is 0 Å². The highest BCUT2D eigenvalue weighted by atomic mass is 15.0. The number of benzene rings is 1. The molecule has 1 fully saturated rings. The number of nitrogens with one attached hydrogen (secondary N) is 1. The zero-order valence-corrected chi connectivity index (χ0v) is 7.79. The van der Waals surface area contributed by atoms with Gasteiger partial charge in [0, 0.05) is 6.54 Å². The standard InChI is InChI=1S/C11H16N2/c12-11(7-4-8-13-9-11)10-5-2-1-3-6-10/h1-3,5-6,13H,4,7-9,12H2. The molecule has 70 valence electrons. The Bertz CT molecular complexity index is 263. The summed E-state index contributed by atoms with van der Waals surface area (Å²) in [6, 6.07) is 10.4. The van der Waals surface area contributed by atoms with Crippen molar-refractivity contribution >= 4 is 0 Å². The van der Waals surface area contributed by atoms with Crippen molar-refractivity contribution in [2.24, 2.45) is 5.73 Å². The van der Waals surface area contributed by atoms with E-state index in [1.54, 1.807) is 0 Å². The smallest absolute Gasteiger partial charge is 0.0536 e. The van der Waals surface area contributed by atoms with Gasteiger partial charge in [0.1, 0.15) is 0 Å². The SMILES string of the molecule is NC1(c2ccccc2)CCCNC1. The molecule has 1 heterocycles. The average Bonchev–Trinajstić information content (AvgIpc) is 2.20. The summed E-state index contributed by atoms with van der Waals surface area (Å²) < 4.78 is 0. The van der Waals surface area contributed by atoms with Gasteiger partial charge in [-0.2, -0.15) is 0 Å². The summed E-state index contributed by atoms with van der Waals surface area (Å²) in [5.74, 6) is 0. The third-order valence-corrected chi connectivity index (χ3v) is 2.77. The van der Waals surface area contributed by atoms with Gasteiger partial charge in [-0.3, -0.25) is 0 Å². The molecule has 1 aromatic carbocycles. The molecule has 1 saturated heterocycles. The van der Waals surface area contributed by atoms with E-state index in [2.05, 4.69) is 29.6 Å². The first-order valence-corrected chi connectivity index (χ1v) is 4.86. The van der Waals surface area contributed by atoms with Crippen LogP contribution >= 0.6 is 0 Å². The second-order valence-corrected chi connectivity index (χ2v) is 3.80. The third-order valence-electron chi connectivity index (χ3n) is 2.77. The number of hydrogen-bond acceptors (Lipinski definition) is 2. The summed E-state index contributed by atoms with van der Waals surface area (Å²) >= 11 is 0. The molecular formula is C11H16N2. The van der Waals surface area contributed by atoms with Crippen molar-refractivity contribution in [2.75, 3.05) is 13.1 Å². The van der Waals surface area contributed by atoms with Gasteiger partial charge < -0.3 is 11.1 Å². The predicted molar refractivity (Wildman–Crippen MR) is 54.4 cm³/mol. The Labute approximate surface area is 79.1 Å². The molecule has 1 aliphatic rings. The minimum absolute atomic E-state index is 0.139. The molecule has 13 heavy (non-hydrogen) atoms. The van der Waals surface area contributed by atoms with Gasteiger partial charge in [0.15, 0.2) is 0 Å². The topological polar surface area (TPSA) is 38.0 Å². The molecule has 0 spiro atoms. The highest BCUT2D eigenvalue weighted by Gasteiger charge is 2.28. The second-order valence-electron chi connectivity index (χ2n) is 3.80. The van der Waals surface area contributed by atoms with E-state index in [9.17, 15) is 0 Å². The minimum Gasteiger partial charge on any atom is -0.320 e. The van der Waals surface area contributed by atoms with Crippen LogP contribution in [0.2, 0.25) is 0 Å². The Kier molecular flexibility index (Phi) is 2.34. The van der Waals surface area contributed by atoms with E-state index in [1.807, 2.05) is 6.07 Å². The number of nitrogens with two attached hydrogens (primary N) is 1. The highest BCUT2D eigenvalue weighted by molar-refractivity contribution is 5.24. The monoisotopic (exact) mass is 176 g/mol. The zero-order chi connectivity index (χ0) is 9.15. The first-order valence-electron chi connectivity index (χ1n) is 4.86. The molecule has 2 nitrogen and oxygen atoms in total. The van der Waals surface area contributed by atoms with Crippen LogP contribution in [0, 0.1) is 0 Å². The average molecular weight is 176 g/mol. The lowest BCUT2D eigenvalue weighted by Crippen LogP contribution is -2.49. The van der Waals surface area contributed by atoms with E-state index in [0.717, 1.165) is 19.5 Å². The second kappa shape index (κ2) is 3.48. The fraction of sp³-hybridized carbons (Fsp3) is 0.455. The van der Waals surface area contributed by atoms with Crippen LogP contribution < -0.4 is 11.1 Å². The summed E-state index contributed by atoms with van der Waals surface area (Å²) in [6.07, 6.45) is 2.26. The fourth-order valence-electron chi connectivity index (χ4n) is 1.95. The predicted octanol–water partition coefficient (Wildman–Crippen LogP) is 1.22. The van der Waals surface area contributed by atoms with Crippen LogP contribution in [0.5, 0.6) is 0 Å². The lowest BCUT2D eigenvalue weighted by atomic mass is 9.84. The Morgan fingerprint density at radius 2 is 2.00 bits per heavy atom.